The minimum absolute atomic E-state index is 0.0545. The summed E-state index contributed by atoms with van der Waals surface area (Å²) in [4.78, 5) is 16.0. The van der Waals surface area contributed by atoms with Crippen LogP contribution < -0.4 is 5.32 Å². The number of aromatic amines is 1. The lowest BCUT2D eigenvalue weighted by atomic mass is 10.2. The highest BCUT2D eigenvalue weighted by Gasteiger charge is 2.21. The highest BCUT2D eigenvalue weighted by atomic mass is 35.5. The van der Waals surface area contributed by atoms with Crippen LogP contribution in [-0.2, 0) is 4.79 Å². The largest absolute Gasteiger partial charge is 0.320 e. The second-order valence-corrected chi connectivity index (χ2v) is 6.48. The molecular weight excluding hydrogens is 408 g/mol. The summed E-state index contributed by atoms with van der Waals surface area (Å²) in [6, 6.07) is 6.94. The van der Waals surface area contributed by atoms with Gasteiger partial charge < -0.3 is 5.32 Å². The Balaban J connectivity index is 1.67. The second kappa shape index (κ2) is 7.97. The van der Waals surface area contributed by atoms with Crippen molar-refractivity contribution in [1.82, 2.24) is 15.2 Å². The maximum atomic E-state index is 13.5. The summed E-state index contributed by atoms with van der Waals surface area (Å²) in [5, 5.41) is 8.97. The zero-order valence-corrected chi connectivity index (χ0v) is 14.8. The Hall–Kier alpha value is -2.59. The van der Waals surface area contributed by atoms with Crippen LogP contribution >= 0.6 is 23.4 Å². The Morgan fingerprint density at radius 1 is 1.15 bits per heavy atom. The monoisotopic (exact) mass is 416 g/mol. The van der Waals surface area contributed by atoms with Gasteiger partial charge in [0.1, 0.15) is 5.69 Å². The van der Waals surface area contributed by atoms with Crippen molar-refractivity contribution in [2.75, 3.05) is 11.1 Å². The van der Waals surface area contributed by atoms with Crippen molar-refractivity contribution in [2.24, 2.45) is 0 Å². The minimum Gasteiger partial charge on any atom is -0.320 e. The molecule has 2 aromatic carbocycles. The minimum atomic E-state index is -1.69. The number of thioether (sulfide) groups is 1. The van der Waals surface area contributed by atoms with Gasteiger partial charge in [0.15, 0.2) is 29.1 Å². The van der Waals surface area contributed by atoms with Crippen LogP contribution in [0, 0.1) is 23.3 Å². The number of nitrogens with zero attached hydrogens (tertiary/aromatic N) is 2. The number of carbonyl (C=O) groups is 1. The lowest BCUT2D eigenvalue weighted by molar-refractivity contribution is -0.113. The van der Waals surface area contributed by atoms with E-state index in [1.165, 1.54) is 0 Å². The van der Waals surface area contributed by atoms with Crippen molar-refractivity contribution in [3.05, 3.63) is 58.6 Å². The lowest BCUT2D eigenvalue weighted by Crippen LogP contribution is -2.17. The van der Waals surface area contributed by atoms with Gasteiger partial charge in [-0.15, -0.1) is 5.10 Å². The second-order valence-electron chi connectivity index (χ2n) is 5.13. The topological polar surface area (TPSA) is 70.7 Å². The van der Waals surface area contributed by atoms with Gasteiger partial charge in [-0.2, -0.15) is 0 Å². The molecule has 0 bridgehead atoms. The molecule has 1 heterocycles. The quantitative estimate of drug-likeness (QED) is 0.367. The molecule has 0 aliphatic heterocycles. The lowest BCUT2D eigenvalue weighted by Gasteiger charge is -2.08. The number of nitrogens with one attached hydrogen (secondary N) is 2. The van der Waals surface area contributed by atoms with Crippen LogP contribution in [0.3, 0.4) is 0 Å². The number of H-pyrrole nitrogens is 1. The molecule has 11 heteroatoms. The Bertz CT molecular complexity index is 988. The first-order valence-corrected chi connectivity index (χ1v) is 8.66. The molecule has 0 spiro atoms. The maximum absolute atomic E-state index is 13.5. The number of rotatable bonds is 5. The van der Waals surface area contributed by atoms with Gasteiger partial charge in [-0.1, -0.05) is 35.5 Å². The van der Waals surface area contributed by atoms with Crippen LogP contribution in [0.5, 0.6) is 0 Å². The van der Waals surface area contributed by atoms with Crippen molar-refractivity contribution in [2.45, 2.75) is 5.16 Å². The average Bonchev–Trinajstić information content (AvgIpc) is 3.11. The van der Waals surface area contributed by atoms with Crippen LogP contribution in [0.25, 0.3) is 11.4 Å². The fourth-order valence-corrected chi connectivity index (χ4v) is 2.90. The van der Waals surface area contributed by atoms with Crippen LogP contribution in [0.2, 0.25) is 5.02 Å². The van der Waals surface area contributed by atoms with E-state index in [9.17, 15) is 22.4 Å². The zero-order valence-electron chi connectivity index (χ0n) is 13.2. The predicted molar refractivity (Wildman–Crippen MR) is 92.5 cm³/mol. The van der Waals surface area contributed by atoms with Gasteiger partial charge in [-0.25, -0.2) is 22.5 Å². The highest BCUT2D eigenvalue weighted by Crippen LogP contribution is 2.27. The van der Waals surface area contributed by atoms with Gasteiger partial charge in [0.2, 0.25) is 11.1 Å². The summed E-state index contributed by atoms with van der Waals surface area (Å²) in [6.07, 6.45) is 0. The summed E-state index contributed by atoms with van der Waals surface area (Å²) in [5.74, 6) is -7.49. The Labute approximate surface area is 159 Å². The van der Waals surface area contributed by atoms with Crippen LogP contribution in [0.15, 0.2) is 35.5 Å². The third kappa shape index (κ3) is 4.22. The highest BCUT2D eigenvalue weighted by molar-refractivity contribution is 7.99. The van der Waals surface area contributed by atoms with Crippen molar-refractivity contribution < 1.29 is 22.4 Å². The number of carbonyl (C=O) groups excluding carboxylic acids is 1. The number of amides is 1. The van der Waals surface area contributed by atoms with Crippen LogP contribution in [0.4, 0.5) is 23.2 Å². The number of hydrogen-bond acceptors (Lipinski definition) is 4. The maximum Gasteiger partial charge on any atom is 0.235 e. The molecule has 3 aromatic rings. The summed E-state index contributed by atoms with van der Waals surface area (Å²) >= 11 is 6.90. The van der Waals surface area contributed by atoms with E-state index in [1.807, 2.05) is 0 Å². The molecule has 0 saturated heterocycles. The van der Waals surface area contributed by atoms with Crippen molar-refractivity contribution in [3.63, 3.8) is 0 Å². The summed E-state index contributed by atoms with van der Waals surface area (Å²) in [7, 11) is 0. The molecule has 0 aliphatic carbocycles. The Morgan fingerprint density at radius 2 is 1.81 bits per heavy atom. The molecule has 140 valence electrons. The molecule has 0 unspecified atom stereocenters. The number of anilines is 1. The first kappa shape index (κ1) is 19.2. The Kier molecular flexibility index (Phi) is 5.66. The van der Waals surface area contributed by atoms with Gasteiger partial charge in [0.25, 0.3) is 0 Å². The molecule has 0 saturated carbocycles. The van der Waals surface area contributed by atoms with E-state index in [0.29, 0.717) is 16.4 Å². The first-order valence-electron chi connectivity index (χ1n) is 7.29. The van der Waals surface area contributed by atoms with E-state index < -0.39 is 34.9 Å². The molecular formula is C16H9ClF4N4OS. The van der Waals surface area contributed by atoms with Gasteiger partial charge >= 0.3 is 0 Å². The van der Waals surface area contributed by atoms with Gasteiger partial charge in [0.05, 0.1) is 10.8 Å². The number of benzene rings is 2. The molecule has 2 N–H and O–H groups in total. The molecule has 0 aliphatic rings. The predicted octanol–water partition coefficient (Wildman–Crippen LogP) is 4.41. The molecule has 0 fully saturated rings. The van der Waals surface area contributed by atoms with Crippen LogP contribution in [-0.4, -0.2) is 26.8 Å². The van der Waals surface area contributed by atoms with E-state index in [1.54, 1.807) is 29.6 Å². The normalized spacial score (nSPS) is 10.9. The van der Waals surface area contributed by atoms with Crippen molar-refractivity contribution in [1.29, 1.82) is 0 Å². The van der Waals surface area contributed by atoms with E-state index in [-0.39, 0.29) is 17.0 Å². The van der Waals surface area contributed by atoms with Crippen LogP contribution in [0.1, 0.15) is 0 Å². The average molecular weight is 417 g/mol. The third-order valence-corrected chi connectivity index (χ3v) is 4.48. The molecule has 3 rings (SSSR count). The molecule has 1 aromatic heterocycles. The molecule has 5 nitrogen and oxygen atoms in total. The number of halogens is 5. The molecule has 27 heavy (non-hydrogen) atoms. The zero-order chi connectivity index (χ0) is 19.6. The standard InChI is InChI=1S/C16H9ClF4N4OS/c17-8-4-2-1-3-7(8)15-23-16(25-24-15)27-6-11(26)22-14-12(20)9(18)5-10(19)13(14)21/h1-5H,6H2,(H,22,26)(H,23,24,25). The first-order chi connectivity index (χ1) is 12.9. The smallest absolute Gasteiger partial charge is 0.235 e. The fourth-order valence-electron chi connectivity index (χ4n) is 2.07. The van der Waals surface area contributed by atoms with Gasteiger partial charge in [0, 0.05) is 11.6 Å². The van der Waals surface area contributed by atoms with Gasteiger partial charge in [-0.3, -0.25) is 9.89 Å². The third-order valence-electron chi connectivity index (χ3n) is 3.30. The Morgan fingerprint density at radius 3 is 2.48 bits per heavy atom. The van der Waals surface area contributed by atoms with E-state index in [4.69, 9.17) is 11.6 Å². The fraction of sp³-hybridized carbons (Fsp3) is 0.0625. The van der Waals surface area contributed by atoms with E-state index in [0.717, 1.165) is 11.8 Å². The van der Waals surface area contributed by atoms with E-state index >= 15 is 0 Å². The van der Waals surface area contributed by atoms with Crippen molar-refractivity contribution >= 4 is 35.0 Å². The summed E-state index contributed by atoms with van der Waals surface area (Å²) < 4.78 is 53.4. The van der Waals surface area contributed by atoms with Gasteiger partial charge in [-0.05, 0) is 12.1 Å². The van der Waals surface area contributed by atoms with E-state index in [2.05, 4.69) is 15.2 Å². The molecule has 0 atom stereocenters. The summed E-state index contributed by atoms with van der Waals surface area (Å²) in [5.41, 5.74) is -0.591. The number of hydrogen-bond donors (Lipinski definition) is 2. The SMILES string of the molecule is O=C(CSc1n[nH]c(-c2ccccc2Cl)n1)Nc1c(F)c(F)cc(F)c1F. The van der Waals surface area contributed by atoms with Crippen molar-refractivity contribution in [3.8, 4) is 11.4 Å². The molecule has 0 radical (unpaired) electrons. The molecule has 1 amide bonds. The number of aromatic nitrogens is 3. The summed E-state index contributed by atoms with van der Waals surface area (Å²) in [6.45, 7) is 0.